The molecule has 0 heterocycles. The van der Waals surface area contributed by atoms with Gasteiger partial charge < -0.3 is 4.57 Å². The molecule has 0 spiro atoms. The van der Waals surface area contributed by atoms with E-state index in [0.717, 1.165) is 0 Å². The zero-order chi connectivity index (χ0) is 20.6. The standard InChI is InChI=1S/C20H13F6OP/c21-19(22,23)16-12-7-13-17(20(24,25)26)18(16)28(27,14-8-3-1-4-9-14)15-10-5-2-6-11-15/h1-13H. The first-order chi connectivity index (χ1) is 13.1. The van der Waals surface area contributed by atoms with Gasteiger partial charge in [-0.05, 0) is 12.1 Å². The molecule has 0 aliphatic carbocycles. The minimum atomic E-state index is -5.12. The van der Waals surface area contributed by atoms with Crippen LogP contribution >= 0.6 is 7.14 Å². The van der Waals surface area contributed by atoms with Gasteiger partial charge in [-0.2, -0.15) is 26.3 Å². The van der Waals surface area contributed by atoms with E-state index >= 15 is 0 Å². The van der Waals surface area contributed by atoms with Gasteiger partial charge in [0.05, 0.1) is 11.1 Å². The molecular formula is C20H13F6OP. The maximum atomic E-state index is 14.2. The van der Waals surface area contributed by atoms with Gasteiger partial charge in [0.1, 0.15) is 0 Å². The Morgan fingerprint density at radius 2 is 0.893 bits per heavy atom. The number of alkyl halides is 6. The van der Waals surface area contributed by atoms with Crippen molar-refractivity contribution in [2.45, 2.75) is 12.4 Å². The van der Waals surface area contributed by atoms with E-state index in [1.165, 1.54) is 48.5 Å². The number of rotatable bonds is 3. The molecule has 0 N–H and O–H groups in total. The first kappa shape index (κ1) is 20.2. The highest BCUT2D eigenvalue weighted by atomic mass is 31.2. The molecular weight excluding hydrogens is 401 g/mol. The Labute approximate surface area is 157 Å². The summed E-state index contributed by atoms with van der Waals surface area (Å²) in [5.41, 5.74) is -3.11. The van der Waals surface area contributed by atoms with Gasteiger partial charge in [0.25, 0.3) is 0 Å². The molecule has 3 aromatic rings. The van der Waals surface area contributed by atoms with Crippen LogP contribution in [0, 0.1) is 0 Å². The average molecular weight is 414 g/mol. The topological polar surface area (TPSA) is 17.1 Å². The summed E-state index contributed by atoms with van der Waals surface area (Å²) >= 11 is 0. The number of hydrogen-bond acceptors (Lipinski definition) is 1. The van der Waals surface area contributed by atoms with Crippen LogP contribution in [0.5, 0.6) is 0 Å². The number of benzene rings is 3. The van der Waals surface area contributed by atoms with Gasteiger partial charge in [0.15, 0.2) is 7.14 Å². The van der Waals surface area contributed by atoms with Crippen LogP contribution in [0.25, 0.3) is 0 Å². The second-order valence-electron chi connectivity index (χ2n) is 5.98. The second kappa shape index (κ2) is 7.13. The van der Waals surface area contributed by atoms with Crippen LogP contribution in [0.4, 0.5) is 26.3 Å². The van der Waals surface area contributed by atoms with Crippen molar-refractivity contribution in [2.75, 3.05) is 0 Å². The normalized spacial score (nSPS) is 12.8. The quantitative estimate of drug-likeness (QED) is 0.417. The summed E-state index contributed by atoms with van der Waals surface area (Å²) in [6, 6.07) is 15.6. The van der Waals surface area contributed by atoms with E-state index < -0.39 is 35.9 Å². The highest BCUT2D eigenvalue weighted by molar-refractivity contribution is 7.85. The maximum Gasteiger partial charge on any atom is 0.417 e. The molecule has 0 atom stereocenters. The summed E-state index contributed by atoms with van der Waals surface area (Å²) in [7, 11) is -4.48. The predicted octanol–water partition coefficient (Wildman–Crippen LogP) is 5.36. The Hall–Kier alpha value is -2.53. The molecule has 0 saturated heterocycles. The average Bonchev–Trinajstić information content (AvgIpc) is 2.67. The van der Waals surface area contributed by atoms with Crippen molar-refractivity contribution in [3.63, 3.8) is 0 Å². The molecule has 1 nitrogen and oxygen atoms in total. The summed E-state index contributed by atoms with van der Waals surface area (Å²) in [5, 5.41) is -1.46. The van der Waals surface area contributed by atoms with Gasteiger partial charge in [-0.25, -0.2) is 0 Å². The Balaban J connectivity index is 2.51. The lowest BCUT2D eigenvalue weighted by Crippen LogP contribution is -2.35. The summed E-state index contributed by atoms with van der Waals surface area (Å²) in [4.78, 5) is 0. The van der Waals surface area contributed by atoms with E-state index in [2.05, 4.69) is 0 Å². The Kier molecular flexibility index (Phi) is 5.15. The fraction of sp³-hybridized carbons (Fsp3) is 0.100. The van der Waals surface area contributed by atoms with Crippen molar-refractivity contribution in [1.29, 1.82) is 0 Å². The van der Waals surface area contributed by atoms with Gasteiger partial charge in [-0.15, -0.1) is 0 Å². The third-order valence-electron chi connectivity index (χ3n) is 4.20. The minimum Gasteiger partial charge on any atom is -0.309 e. The Morgan fingerprint density at radius 3 is 1.21 bits per heavy atom. The molecule has 0 bridgehead atoms. The molecule has 3 rings (SSSR count). The van der Waals surface area contributed by atoms with Crippen molar-refractivity contribution >= 4 is 23.1 Å². The molecule has 146 valence electrons. The van der Waals surface area contributed by atoms with Crippen LogP contribution < -0.4 is 15.9 Å². The predicted molar refractivity (Wildman–Crippen MR) is 95.8 cm³/mol. The number of halogens is 6. The van der Waals surface area contributed by atoms with Crippen molar-refractivity contribution in [3.8, 4) is 0 Å². The molecule has 0 aliphatic heterocycles. The zero-order valence-electron chi connectivity index (χ0n) is 14.1. The first-order valence-corrected chi connectivity index (χ1v) is 9.76. The molecule has 3 aromatic carbocycles. The highest BCUT2D eigenvalue weighted by Crippen LogP contribution is 2.49. The first-order valence-electron chi connectivity index (χ1n) is 8.05. The van der Waals surface area contributed by atoms with Crippen LogP contribution in [0.15, 0.2) is 78.9 Å². The molecule has 0 aromatic heterocycles. The lowest BCUT2D eigenvalue weighted by Gasteiger charge is -2.27. The summed E-state index contributed by atoms with van der Waals surface area (Å²) < 4.78 is 96.3. The van der Waals surface area contributed by atoms with Crippen molar-refractivity contribution in [2.24, 2.45) is 0 Å². The molecule has 8 heteroatoms. The lowest BCUT2D eigenvalue weighted by atomic mass is 10.1. The smallest absolute Gasteiger partial charge is 0.309 e. The molecule has 28 heavy (non-hydrogen) atoms. The van der Waals surface area contributed by atoms with Crippen LogP contribution in [-0.2, 0) is 16.9 Å². The molecule has 0 saturated carbocycles. The Bertz CT molecular complexity index is 935. The summed E-state index contributed by atoms with van der Waals surface area (Å²) in [6.07, 6.45) is -10.2. The molecule has 0 amide bonds. The molecule has 0 aliphatic rings. The monoisotopic (exact) mass is 414 g/mol. The zero-order valence-corrected chi connectivity index (χ0v) is 15.0. The summed E-state index contributed by atoms with van der Waals surface area (Å²) in [5.74, 6) is 0. The van der Waals surface area contributed by atoms with Gasteiger partial charge in [0, 0.05) is 15.9 Å². The second-order valence-corrected chi connectivity index (χ2v) is 8.68. The fourth-order valence-corrected chi connectivity index (χ4v) is 6.10. The van der Waals surface area contributed by atoms with Crippen molar-refractivity contribution < 1.29 is 30.9 Å². The molecule has 0 fully saturated rings. The van der Waals surface area contributed by atoms with Crippen LogP contribution in [0.3, 0.4) is 0 Å². The van der Waals surface area contributed by atoms with E-state index in [-0.39, 0.29) is 10.6 Å². The maximum absolute atomic E-state index is 14.2. The van der Waals surface area contributed by atoms with E-state index in [4.69, 9.17) is 0 Å². The Morgan fingerprint density at radius 1 is 0.536 bits per heavy atom. The van der Waals surface area contributed by atoms with Gasteiger partial charge in [-0.3, -0.25) is 0 Å². The third-order valence-corrected chi connectivity index (χ3v) is 7.36. The van der Waals surface area contributed by atoms with Crippen molar-refractivity contribution in [1.82, 2.24) is 0 Å². The van der Waals surface area contributed by atoms with Crippen molar-refractivity contribution in [3.05, 3.63) is 90.0 Å². The largest absolute Gasteiger partial charge is 0.417 e. The van der Waals surface area contributed by atoms with Gasteiger partial charge in [-0.1, -0.05) is 66.7 Å². The van der Waals surface area contributed by atoms with E-state index in [1.54, 1.807) is 12.1 Å². The van der Waals surface area contributed by atoms with E-state index in [1.807, 2.05) is 0 Å². The van der Waals surface area contributed by atoms with Gasteiger partial charge in [0.2, 0.25) is 0 Å². The van der Waals surface area contributed by atoms with Crippen LogP contribution in [-0.4, -0.2) is 0 Å². The lowest BCUT2D eigenvalue weighted by molar-refractivity contribution is -0.141. The SMILES string of the molecule is O=P(c1ccccc1)(c1ccccc1)c1c(C(F)(F)F)cccc1C(F)(F)F. The molecule has 0 radical (unpaired) electrons. The van der Waals surface area contributed by atoms with Gasteiger partial charge >= 0.3 is 12.4 Å². The minimum absolute atomic E-state index is 0.108. The highest BCUT2D eigenvalue weighted by Gasteiger charge is 2.47. The number of hydrogen-bond donors (Lipinski definition) is 0. The summed E-state index contributed by atoms with van der Waals surface area (Å²) in [6.45, 7) is 0. The van der Waals surface area contributed by atoms with E-state index in [9.17, 15) is 30.9 Å². The van der Waals surface area contributed by atoms with Crippen LogP contribution in [0.2, 0.25) is 0 Å². The fourth-order valence-electron chi connectivity index (χ4n) is 3.02. The molecule has 0 unspecified atom stereocenters. The third kappa shape index (κ3) is 3.59. The van der Waals surface area contributed by atoms with E-state index in [0.29, 0.717) is 18.2 Å². The van der Waals surface area contributed by atoms with Crippen LogP contribution in [0.1, 0.15) is 11.1 Å².